The number of carboxylic acid groups (broad SMARTS) is 1. The Labute approximate surface area is 115 Å². The molecule has 1 N–H and O–H groups in total. The summed E-state index contributed by atoms with van der Waals surface area (Å²) in [5, 5.41) is 9.09. The Balaban J connectivity index is 2.37. The summed E-state index contributed by atoms with van der Waals surface area (Å²) < 4.78 is 5.36. The second-order valence-electron chi connectivity index (χ2n) is 3.73. The molecule has 0 spiro atoms. The van der Waals surface area contributed by atoms with Crippen LogP contribution in [0.2, 0.25) is 0 Å². The van der Waals surface area contributed by atoms with Gasteiger partial charge >= 0.3 is 5.97 Å². The fourth-order valence-electron chi connectivity index (χ4n) is 1.57. The van der Waals surface area contributed by atoms with Crippen LogP contribution in [0.25, 0.3) is 5.57 Å². The van der Waals surface area contributed by atoms with Crippen LogP contribution in [0.5, 0.6) is 5.75 Å². The van der Waals surface area contributed by atoms with Gasteiger partial charge < -0.3 is 9.84 Å². The lowest BCUT2D eigenvalue weighted by Crippen LogP contribution is -2.05. The number of hydrogen-bond acceptors (Lipinski definition) is 2. The summed E-state index contributed by atoms with van der Waals surface area (Å²) in [6.07, 6.45) is 0. The molecule has 0 bridgehead atoms. The summed E-state index contributed by atoms with van der Waals surface area (Å²) in [7, 11) is 0. The molecule has 96 valence electrons. The van der Waals surface area contributed by atoms with Crippen LogP contribution in [-0.4, -0.2) is 11.1 Å². The predicted octanol–water partition coefficient (Wildman–Crippen LogP) is 3.76. The summed E-state index contributed by atoms with van der Waals surface area (Å²) in [6.45, 7) is 0. The Morgan fingerprint density at radius 2 is 1.47 bits per heavy atom. The fourth-order valence-corrected chi connectivity index (χ4v) is 1.85. The molecule has 0 heterocycles. The number of para-hydroxylation sites is 1. The number of ether oxygens (including phenoxy) is 1. The average molecular weight is 275 g/mol. The van der Waals surface area contributed by atoms with Gasteiger partial charge in [0.15, 0.2) is 0 Å². The third kappa shape index (κ3) is 3.36. The van der Waals surface area contributed by atoms with E-state index in [1.54, 1.807) is 54.6 Å². The molecule has 0 saturated heterocycles. The van der Waals surface area contributed by atoms with Crippen molar-refractivity contribution in [3.8, 4) is 5.75 Å². The first-order valence-corrected chi connectivity index (χ1v) is 5.97. The molecule has 2 aromatic rings. The summed E-state index contributed by atoms with van der Waals surface area (Å²) in [5.74, 6) is -0.644. The van der Waals surface area contributed by atoms with Gasteiger partial charge in [0, 0.05) is 0 Å². The van der Waals surface area contributed by atoms with Gasteiger partial charge in [-0.2, -0.15) is 0 Å². The van der Waals surface area contributed by atoms with E-state index in [1.165, 1.54) is 0 Å². The van der Waals surface area contributed by atoms with E-state index in [1.807, 2.05) is 6.07 Å². The van der Waals surface area contributed by atoms with Crippen molar-refractivity contribution in [1.82, 2.24) is 0 Å². The van der Waals surface area contributed by atoms with Crippen LogP contribution >= 0.6 is 11.6 Å². The molecular weight excluding hydrogens is 264 g/mol. The quantitative estimate of drug-likeness (QED) is 0.682. The van der Waals surface area contributed by atoms with Crippen LogP contribution < -0.4 is 4.74 Å². The number of benzene rings is 2. The van der Waals surface area contributed by atoms with Crippen molar-refractivity contribution in [3.05, 3.63) is 71.4 Å². The highest BCUT2D eigenvalue weighted by Crippen LogP contribution is 2.24. The first-order valence-electron chi connectivity index (χ1n) is 5.60. The van der Waals surface area contributed by atoms with Crippen molar-refractivity contribution in [2.75, 3.05) is 0 Å². The molecule has 0 radical (unpaired) electrons. The lowest BCUT2D eigenvalue weighted by molar-refractivity contribution is -0.130. The first kappa shape index (κ1) is 13.2. The molecule has 2 aromatic carbocycles. The minimum atomic E-state index is -1.13. The van der Waals surface area contributed by atoms with Crippen LogP contribution in [0, 0.1) is 0 Å². The van der Waals surface area contributed by atoms with Crippen molar-refractivity contribution in [1.29, 1.82) is 0 Å². The molecule has 0 aliphatic rings. The number of aliphatic carboxylic acids is 1. The Kier molecular flexibility index (Phi) is 4.21. The third-order valence-electron chi connectivity index (χ3n) is 2.42. The van der Waals surface area contributed by atoms with Gasteiger partial charge in [-0.1, -0.05) is 48.5 Å². The van der Waals surface area contributed by atoms with Gasteiger partial charge in [-0.25, -0.2) is 4.79 Å². The van der Waals surface area contributed by atoms with Crippen molar-refractivity contribution in [2.24, 2.45) is 0 Å². The number of carboxylic acids is 1. The number of rotatable bonds is 4. The Morgan fingerprint density at radius 1 is 0.947 bits per heavy atom. The van der Waals surface area contributed by atoms with E-state index in [-0.39, 0.29) is 10.8 Å². The van der Waals surface area contributed by atoms with Gasteiger partial charge in [-0.05, 0) is 29.3 Å². The van der Waals surface area contributed by atoms with Gasteiger partial charge in [0.2, 0.25) is 5.22 Å². The van der Waals surface area contributed by atoms with Crippen molar-refractivity contribution in [2.45, 2.75) is 0 Å². The molecule has 0 aromatic heterocycles. The molecule has 19 heavy (non-hydrogen) atoms. The van der Waals surface area contributed by atoms with Crippen LogP contribution in [0.15, 0.2) is 65.9 Å². The van der Waals surface area contributed by atoms with E-state index < -0.39 is 5.97 Å². The normalized spacial score (nSPS) is 11.6. The highest BCUT2D eigenvalue weighted by atomic mass is 35.5. The van der Waals surface area contributed by atoms with Gasteiger partial charge in [-0.15, -0.1) is 0 Å². The van der Waals surface area contributed by atoms with Gasteiger partial charge in [0.05, 0.1) is 0 Å². The van der Waals surface area contributed by atoms with E-state index in [4.69, 9.17) is 16.3 Å². The van der Waals surface area contributed by atoms with Crippen molar-refractivity contribution >= 4 is 23.1 Å². The minimum absolute atomic E-state index is 0.0638. The zero-order valence-corrected chi connectivity index (χ0v) is 10.7. The predicted molar refractivity (Wildman–Crippen MR) is 73.9 cm³/mol. The molecule has 0 aliphatic heterocycles. The molecule has 2 rings (SSSR count). The van der Waals surface area contributed by atoms with Crippen LogP contribution in [0.3, 0.4) is 0 Å². The van der Waals surface area contributed by atoms with E-state index in [0.29, 0.717) is 11.3 Å². The molecule has 4 heteroatoms. The third-order valence-corrected chi connectivity index (χ3v) is 2.69. The number of halogens is 1. The monoisotopic (exact) mass is 274 g/mol. The minimum Gasteiger partial charge on any atom is -0.477 e. The standard InChI is InChI=1S/C15H11ClO3/c16-14(19-12-9-5-2-6-10-12)13(15(17)18)11-7-3-1-4-8-11/h1-10H,(H,17,18). The van der Waals surface area contributed by atoms with Crippen LogP contribution in [0.4, 0.5) is 0 Å². The van der Waals surface area contributed by atoms with E-state index in [0.717, 1.165) is 0 Å². The lowest BCUT2D eigenvalue weighted by Gasteiger charge is -2.08. The SMILES string of the molecule is O=C(O)C(=C(Cl)Oc1ccccc1)c1ccccc1. The maximum absolute atomic E-state index is 11.3. The lowest BCUT2D eigenvalue weighted by atomic mass is 10.1. The van der Waals surface area contributed by atoms with Crippen molar-refractivity contribution < 1.29 is 14.6 Å². The van der Waals surface area contributed by atoms with Gasteiger partial charge in [0.25, 0.3) is 0 Å². The molecular formula is C15H11ClO3. The summed E-state index contributed by atoms with van der Waals surface area (Å²) in [6, 6.07) is 17.4. The summed E-state index contributed by atoms with van der Waals surface area (Å²) in [5.41, 5.74) is 0.432. The zero-order chi connectivity index (χ0) is 13.7. The zero-order valence-electron chi connectivity index (χ0n) is 9.92. The van der Waals surface area contributed by atoms with Gasteiger partial charge in [-0.3, -0.25) is 0 Å². The van der Waals surface area contributed by atoms with E-state index in [9.17, 15) is 9.90 Å². The number of carbonyl (C=O) groups is 1. The molecule has 3 nitrogen and oxygen atoms in total. The first-order chi connectivity index (χ1) is 9.18. The molecule has 0 unspecified atom stereocenters. The second kappa shape index (κ2) is 6.07. The Hall–Kier alpha value is -2.26. The number of hydrogen-bond donors (Lipinski definition) is 1. The molecule has 0 atom stereocenters. The fraction of sp³-hybridized carbons (Fsp3) is 0. The van der Waals surface area contributed by atoms with Gasteiger partial charge in [0.1, 0.15) is 11.3 Å². The molecule has 0 saturated carbocycles. The maximum Gasteiger partial charge on any atom is 0.341 e. The molecule has 0 aliphatic carbocycles. The smallest absolute Gasteiger partial charge is 0.341 e. The highest BCUT2D eigenvalue weighted by molar-refractivity contribution is 6.37. The topological polar surface area (TPSA) is 46.5 Å². The molecule has 0 amide bonds. The highest BCUT2D eigenvalue weighted by Gasteiger charge is 2.17. The largest absolute Gasteiger partial charge is 0.477 e. The van der Waals surface area contributed by atoms with Crippen LogP contribution in [0.1, 0.15) is 5.56 Å². The van der Waals surface area contributed by atoms with Crippen LogP contribution in [-0.2, 0) is 4.79 Å². The maximum atomic E-state index is 11.3. The molecule has 0 fully saturated rings. The van der Waals surface area contributed by atoms with E-state index >= 15 is 0 Å². The Morgan fingerprint density at radius 3 is 2.00 bits per heavy atom. The average Bonchev–Trinajstić information content (AvgIpc) is 2.40. The Bertz CT molecular complexity index is 591. The van der Waals surface area contributed by atoms with E-state index in [2.05, 4.69) is 0 Å². The summed E-state index contributed by atoms with van der Waals surface area (Å²) in [4.78, 5) is 11.3. The van der Waals surface area contributed by atoms with Crippen molar-refractivity contribution in [3.63, 3.8) is 0 Å². The second-order valence-corrected chi connectivity index (χ2v) is 4.08. The summed E-state index contributed by atoms with van der Waals surface area (Å²) >= 11 is 5.99.